The fourth-order valence-corrected chi connectivity index (χ4v) is 2.67. The van der Waals surface area contributed by atoms with Crippen LogP contribution in [0.25, 0.3) is 0 Å². The zero-order valence-corrected chi connectivity index (χ0v) is 13.8. The van der Waals surface area contributed by atoms with Crippen LogP contribution in [0.4, 0.5) is 0 Å². The van der Waals surface area contributed by atoms with Gasteiger partial charge in [0.2, 0.25) is 0 Å². The van der Waals surface area contributed by atoms with Crippen molar-refractivity contribution in [3.63, 3.8) is 0 Å². The summed E-state index contributed by atoms with van der Waals surface area (Å²) >= 11 is 0. The summed E-state index contributed by atoms with van der Waals surface area (Å²) in [4.78, 5) is 12.7. The number of likely N-dealkylation sites (N-methyl/N-ethyl adjacent to an activating group) is 1. The Labute approximate surface area is 136 Å². The smallest absolute Gasteiger partial charge is 0.318 e. The summed E-state index contributed by atoms with van der Waals surface area (Å²) in [6, 6.07) is 15.3. The average Bonchev–Trinajstić information content (AvgIpc) is 2.51. The molecule has 2 aromatic carbocycles. The normalized spacial score (nSPS) is 13.7. The van der Waals surface area contributed by atoms with Crippen molar-refractivity contribution in [3.8, 4) is 11.5 Å². The topological polar surface area (TPSA) is 35.5 Å². The lowest BCUT2D eigenvalue weighted by Gasteiger charge is -2.28. The summed E-state index contributed by atoms with van der Waals surface area (Å²) in [6.45, 7) is 1.18. The van der Waals surface area contributed by atoms with Crippen LogP contribution in [-0.2, 0) is 9.53 Å². The first-order valence-electron chi connectivity index (χ1n) is 7.78. The molecular formula is C19H22NO3+. The minimum absolute atomic E-state index is 0.221. The number of hydrogen-bond acceptors (Lipinski definition) is 3. The van der Waals surface area contributed by atoms with Gasteiger partial charge in [0.1, 0.15) is 30.6 Å². The standard InChI is InChI=1S/C19H22NO3/c1-20(2,3)12-13-22-19(21)18-14-8-4-6-10-16(14)23-17-11-7-5-9-15(17)18/h4-11,18H,12-13H2,1-3H3/q+1. The van der Waals surface area contributed by atoms with Crippen molar-refractivity contribution in [3.05, 3.63) is 59.7 Å². The molecule has 0 bridgehead atoms. The van der Waals surface area contributed by atoms with E-state index in [1.54, 1.807) is 0 Å². The highest BCUT2D eigenvalue weighted by Crippen LogP contribution is 2.44. The van der Waals surface area contributed by atoms with Crippen molar-refractivity contribution in [2.45, 2.75) is 5.92 Å². The van der Waals surface area contributed by atoms with Crippen molar-refractivity contribution in [2.75, 3.05) is 34.3 Å². The first-order valence-corrected chi connectivity index (χ1v) is 7.78. The third-order valence-corrected chi connectivity index (χ3v) is 3.92. The first kappa shape index (κ1) is 15.6. The van der Waals surface area contributed by atoms with E-state index in [4.69, 9.17) is 9.47 Å². The van der Waals surface area contributed by atoms with Crippen LogP contribution in [0.2, 0.25) is 0 Å². The molecule has 1 aliphatic heterocycles. The Morgan fingerprint density at radius 2 is 1.52 bits per heavy atom. The molecule has 0 unspecified atom stereocenters. The molecule has 120 valence electrons. The fraction of sp³-hybridized carbons (Fsp3) is 0.316. The van der Waals surface area contributed by atoms with Crippen molar-refractivity contribution in [1.82, 2.24) is 0 Å². The molecule has 2 aromatic rings. The van der Waals surface area contributed by atoms with Gasteiger partial charge in [0.05, 0.1) is 21.1 Å². The lowest BCUT2D eigenvalue weighted by Crippen LogP contribution is -2.38. The second kappa shape index (κ2) is 6.05. The number of para-hydroxylation sites is 2. The van der Waals surface area contributed by atoms with Crippen molar-refractivity contribution in [2.24, 2.45) is 0 Å². The van der Waals surface area contributed by atoms with Gasteiger partial charge in [-0.2, -0.15) is 0 Å². The van der Waals surface area contributed by atoms with E-state index in [1.807, 2.05) is 48.5 Å². The van der Waals surface area contributed by atoms with Gasteiger partial charge < -0.3 is 14.0 Å². The van der Waals surface area contributed by atoms with Crippen LogP contribution in [0, 0.1) is 0 Å². The van der Waals surface area contributed by atoms with E-state index < -0.39 is 5.92 Å². The molecule has 1 heterocycles. The van der Waals surface area contributed by atoms with Crippen molar-refractivity contribution in [1.29, 1.82) is 0 Å². The molecular weight excluding hydrogens is 290 g/mol. The van der Waals surface area contributed by atoms with E-state index in [1.165, 1.54) is 0 Å². The Morgan fingerprint density at radius 3 is 2.04 bits per heavy atom. The number of carbonyl (C=O) groups is 1. The van der Waals surface area contributed by atoms with E-state index in [-0.39, 0.29) is 5.97 Å². The molecule has 0 N–H and O–H groups in total. The highest BCUT2D eigenvalue weighted by atomic mass is 16.5. The highest BCUT2D eigenvalue weighted by Gasteiger charge is 2.33. The van der Waals surface area contributed by atoms with Crippen LogP contribution in [0.5, 0.6) is 11.5 Å². The summed E-state index contributed by atoms with van der Waals surface area (Å²) in [5.74, 6) is 0.796. The van der Waals surface area contributed by atoms with Crippen LogP contribution < -0.4 is 4.74 Å². The molecule has 0 atom stereocenters. The predicted molar refractivity (Wildman–Crippen MR) is 88.7 cm³/mol. The van der Waals surface area contributed by atoms with Gasteiger partial charge in [-0.25, -0.2) is 0 Å². The van der Waals surface area contributed by atoms with Crippen molar-refractivity contribution >= 4 is 5.97 Å². The van der Waals surface area contributed by atoms with Gasteiger partial charge in [-0.05, 0) is 12.1 Å². The largest absolute Gasteiger partial charge is 0.459 e. The molecule has 1 aliphatic rings. The van der Waals surface area contributed by atoms with Crippen LogP contribution in [-0.4, -0.2) is 44.7 Å². The second-order valence-corrected chi connectivity index (χ2v) is 6.79. The van der Waals surface area contributed by atoms with Gasteiger partial charge in [-0.15, -0.1) is 0 Å². The van der Waals surface area contributed by atoms with E-state index in [0.717, 1.165) is 33.7 Å². The minimum atomic E-state index is -0.427. The van der Waals surface area contributed by atoms with Gasteiger partial charge >= 0.3 is 5.97 Å². The number of esters is 1. The van der Waals surface area contributed by atoms with Crippen molar-refractivity contribution < 1.29 is 18.8 Å². The third-order valence-electron chi connectivity index (χ3n) is 3.92. The number of fused-ring (bicyclic) bond motifs is 2. The first-order chi connectivity index (χ1) is 11.0. The quantitative estimate of drug-likeness (QED) is 0.642. The number of ether oxygens (including phenoxy) is 2. The lowest BCUT2D eigenvalue weighted by atomic mass is 9.88. The maximum Gasteiger partial charge on any atom is 0.318 e. The van der Waals surface area contributed by atoms with E-state index in [9.17, 15) is 4.79 Å². The molecule has 0 amide bonds. The number of nitrogens with zero attached hydrogens (tertiary/aromatic N) is 1. The van der Waals surface area contributed by atoms with E-state index >= 15 is 0 Å². The Balaban J connectivity index is 1.87. The van der Waals surface area contributed by atoms with Crippen LogP contribution >= 0.6 is 0 Å². The van der Waals surface area contributed by atoms with Gasteiger partial charge in [0.15, 0.2) is 0 Å². The highest BCUT2D eigenvalue weighted by molar-refractivity contribution is 5.85. The molecule has 0 fully saturated rings. The number of benzene rings is 2. The Hall–Kier alpha value is -2.33. The summed E-state index contributed by atoms with van der Waals surface area (Å²) < 4.78 is 12.2. The summed E-state index contributed by atoms with van der Waals surface area (Å²) in [7, 11) is 6.23. The monoisotopic (exact) mass is 312 g/mol. The molecule has 23 heavy (non-hydrogen) atoms. The third kappa shape index (κ3) is 3.37. The predicted octanol–water partition coefficient (Wildman–Crippen LogP) is 3.17. The van der Waals surface area contributed by atoms with Gasteiger partial charge in [0.25, 0.3) is 0 Å². The zero-order chi connectivity index (χ0) is 16.4. The number of rotatable bonds is 4. The molecule has 4 nitrogen and oxygen atoms in total. The molecule has 3 rings (SSSR count). The summed E-state index contributed by atoms with van der Waals surface area (Å²) in [5, 5.41) is 0. The Bertz CT molecular complexity index is 673. The second-order valence-electron chi connectivity index (χ2n) is 6.79. The van der Waals surface area contributed by atoms with Crippen LogP contribution in [0.3, 0.4) is 0 Å². The molecule has 4 heteroatoms. The van der Waals surface area contributed by atoms with Gasteiger partial charge in [-0.3, -0.25) is 4.79 Å². The van der Waals surface area contributed by atoms with E-state index in [0.29, 0.717) is 6.61 Å². The number of hydrogen-bond donors (Lipinski definition) is 0. The Kier molecular flexibility index (Phi) is 4.09. The molecule has 0 spiro atoms. The molecule has 0 saturated heterocycles. The number of quaternary nitrogens is 1. The minimum Gasteiger partial charge on any atom is -0.459 e. The molecule has 0 aliphatic carbocycles. The van der Waals surface area contributed by atoms with E-state index in [2.05, 4.69) is 21.1 Å². The lowest BCUT2D eigenvalue weighted by molar-refractivity contribution is -0.870. The molecule has 0 saturated carbocycles. The number of carbonyl (C=O) groups excluding carboxylic acids is 1. The molecule has 0 aromatic heterocycles. The summed E-state index contributed by atoms with van der Waals surface area (Å²) in [6.07, 6.45) is 0. The SMILES string of the molecule is C[N+](C)(C)CCOC(=O)C1c2ccccc2Oc2ccccc21. The summed E-state index contributed by atoms with van der Waals surface area (Å²) in [5.41, 5.74) is 1.72. The molecule has 0 radical (unpaired) electrons. The fourth-order valence-electron chi connectivity index (χ4n) is 2.67. The Morgan fingerprint density at radius 1 is 1.00 bits per heavy atom. The van der Waals surface area contributed by atoms with Gasteiger partial charge in [0, 0.05) is 11.1 Å². The van der Waals surface area contributed by atoms with Gasteiger partial charge in [-0.1, -0.05) is 36.4 Å². The maximum atomic E-state index is 12.7. The average molecular weight is 312 g/mol. The maximum absolute atomic E-state index is 12.7. The zero-order valence-electron chi connectivity index (χ0n) is 13.8. The van der Waals surface area contributed by atoms with Crippen LogP contribution in [0.1, 0.15) is 17.0 Å². The van der Waals surface area contributed by atoms with Crippen LogP contribution in [0.15, 0.2) is 48.5 Å².